The van der Waals surface area contributed by atoms with Crippen LogP contribution in [0.25, 0.3) is 0 Å². The molecule has 166 valence electrons. The number of alkyl halides is 6. The molecule has 0 atom stereocenters. The number of halogens is 6. The predicted octanol–water partition coefficient (Wildman–Crippen LogP) is 5.62. The number of hydrogen-bond donors (Lipinski definition) is 2. The van der Waals surface area contributed by atoms with Gasteiger partial charge in [0.2, 0.25) is 0 Å². The van der Waals surface area contributed by atoms with Gasteiger partial charge in [-0.1, -0.05) is 6.07 Å². The number of hydrogen-bond acceptors (Lipinski definition) is 3. The number of aromatic nitrogens is 1. The summed E-state index contributed by atoms with van der Waals surface area (Å²) in [5.41, 5.74) is -1.89. The van der Waals surface area contributed by atoms with Crippen LogP contribution < -0.4 is 10.6 Å². The van der Waals surface area contributed by atoms with E-state index in [-0.39, 0.29) is 22.8 Å². The highest BCUT2D eigenvalue weighted by molar-refractivity contribution is 6.05. The van der Waals surface area contributed by atoms with Gasteiger partial charge in [-0.3, -0.25) is 9.59 Å². The second-order valence-corrected chi connectivity index (χ2v) is 6.47. The summed E-state index contributed by atoms with van der Waals surface area (Å²) in [5.74, 6) is -1.45. The highest BCUT2D eigenvalue weighted by Gasteiger charge is 2.31. The molecule has 5 nitrogen and oxygen atoms in total. The van der Waals surface area contributed by atoms with Gasteiger partial charge in [-0.25, -0.2) is 4.98 Å². The number of pyridine rings is 1. The van der Waals surface area contributed by atoms with Gasteiger partial charge in [0.15, 0.2) is 0 Å². The lowest BCUT2D eigenvalue weighted by Crippen LogP contribution is -2.16. The van der Waals surface area contributed by atoms with Crippen molar-refractivity contribution >= 4 is 23.5 Å². The van der Waals surface area contributed by atoms with Gasteiger partial charge in [-0.05, 0) is 60.7 Å². The van der Waals surface area contributed by atoms with E-state index in [9.17, 15) is 35.9 Å². The number of rotatable bonds is 4. The van der Waals surface area contributed by atoms with E-state index < -0.39 is 35.3 Å². The lowest BCUT2D eigenvalue weighted by molar-refractivity contribution is -0.138. The van der Waals surface area contributed by atoms with Gasteiger partial charge < -0.3 is 10.6 Å². The fraction of sp³-hybridized carbons (Fsp3) is 0.0952. The number of nitrogens with zero attached hydrogens (tertiary/aromatic N) is 1. The van der Waals surface area contributed by atoms with Crippen molar-refractivity contribution in [3.63, 3.8) is 0 Å². The minimum absolute atomic E-state index is 0.000109. The smallest absolute Gasteiger partial charge is 0.306 e. The standard InChI is InChI=1S/C21H13F6N3O2/c22-20(23,24)14-8-4-12(5-9-14)18(31)29-16-2-1-3-17(28-16)30-19(32)13-6-10-15(11-7-13)21(25,26)27/h1-11H,(H2,28,29,30,31,32). The van der Waals surface area contributed by atoms with Crippen molar-refractivity contribution in [2.45, 2.75) is 12.4 Å². The summed E-state index contributed by atoms with van der Waals surface area (Å²) in [6.45, 7) is 0. The Kier molecular flexibility index (Phi) is 6.19. The van der Waals surface area contributed by atoms with Crippen molar-refractivity contribution in [1.82, 2.24) is 4.98 Å². The van der Waals surface area contributed by atoms with Crippen molar-refractivity contribution < 1.29 is 35.9 Å². The summed E-state index contributed by atoms with van der Waals surface area (Å²) < 4.78 is 75.7. The van der Waals surface area contributed by atoms with Crippen molar-refractivity contribution in [3.05, 3.63) is 89.0 Å². The molecule has 32 heavy (non-hydrogen) atoms. The van der Waals surface area contributed by atoms with Crippen LogP contribution in [0.3, 0.4) is 0 Å². The first-order valence-corrected chi connectivity index (χ1v) is 8.88. The second kappa shape index (κ2) is 8.69. The molecule has 0 bridgehead atoms. The number of nitrogens with one attached hydrogen (secondary N) is 2. The van der Waals surface area contributed by atoms with Gasteiger partial charge in [0.25, 0.3) is 11.8 Å². The molecule has 0 aliphatic rings. The summed E-state index contributed by atoms with van der Waals surface area (Å²) in [4.78, 5) is 28.5. The molecule has 0 radical (unpaired) electrons. The van der Waals surface area contributed by atoms with Crippen molar-refractivity contribution in [2.75, 3.05) is 10.6 Å². The summed E-state index contributed by atoms with van der Waals surface area (Å²) in [5, 5.41) is 4.77. The van der Waals surface area contributed by atoms with Crippen LogP contribution in [-0.2, 0) is 12.4 Å². The highest BCUT2D eigenvalue weighted by Crippen LogP contribution is 2.30. The van der Waals surface area contributed by atoms with Crippen molar-refractivity contribution in [2.24, 2.45) is 0 Å². The molecule has 0 spiro atoms. The number of amides is 2. The average Bonchev–Trinajstić information content (AvgIpc) is 2.73. The fourth-order valence-electron chi connectivity index (χ4n) is 2.57. The van der Waals surface area contributed by atoms with E-state index in [1.807, 2.05) is 0 Å². The zero-order chi connectivity index (χ0) is 23.5. The maximum atomic E-state index is 12.6. The van der Waals surface area contributed by atoms with Gasteiger partial charge >= 0.3 is 12.4 Å². The van der Waals surface area contributed by atoms with Gasteiger partial charge in [-0.2, -0.15) is 26.3 Å². The molecule has 3 aromatic rings. The molecular formula is C21H13F6N3O2. The number of anilines is 2. The van der Waals surface area contributed by atoms with Crippen LogP contribution in [0, 0.1) is 0 Å². The Morgan fingerprint density at radius 1 is 0.594 bits per heavy atom. The molecular weight excluding hydrogens is 440 g/mol. The lowest BCUT2D eigenvalue weighted by Gasteiger charge is -2.10. The lowest BCUT2D eigenvalue weighted by atomic mass is 10.1. The third kappa shape index (κ3) is 5.62. The molecule has 0 saturated heterocycles. The molecule has 2 amide bonds. The third-order valence-electron chi connectivity index (χ3n) is 4.18. The molecule has 0 fully saturated rings. The minimum Gasteiger partial charge on any atom is -0.306 e. The molecule has 0 aliphatic carbocycles. The molecule has 0 saturated carbocycles. The molecule has 0 unspecified atom stereocenters. The molecule has 2 aromatic carbocycles. The first-order valence-electron chi connectivity index (χ1n) is 8.88. The zero-order valence-corrected chi connectivity index (χ0v) is 15.9. The van der Waals surface area contributed by atoms with Crippen molar-refractivity contribution in [3.8, 4) is 0 Å². The Bertz CT molecular complexity index is 1040. The monoisotopic (exact) mass is 453 g/mol. The Balaban J connectivity index is 1.67. The van der Waals surface area contributed by atoms with Crippen LogP contribution in [0.1, 0.15) is 31.8 Å². The van der Waals surface area contributed by atoms with Gasteiger partial charge in [0, 0.05) is 11.1 Å². The van der Waals surface area contributed by atoms with E-state index in [1.54, 1.807) is 0 Å². The number of benzene rings is 2. The molecule has 1 aromatic heterocycles. The van der Waals surface area contributed by atoms with E-state index in [0.29, 0.717) is 0 Å². The fourth-order valence-corrected chi connectivity index (χ4v) is 2.57. The summed E-state index contributed by atoms with van der Waals surface area (Å²) >= 11 is 0. The maximum absolute atomic E-state index is 12.6. The van der Waals surface area contributed by atoms with Crippen molar-refractivity contribution in [1.29, 1.82) is 0 Å². The van der Waals surface area contributed by atoms with E-state index in [1.165, 1.54) is 18.2 Å². The SMILES string of the molecule is O=C(Nc1cccc(NC(=O)c2ccc(C(F)(F)F)cc2)n1)c1ccc(C(F)(F)F)cc1. The highest BCUT2D eigenvalue weighted by atomic mass is 19.4. The molecule has 11 heteroatoms. The third-order valence-corrected chi connectivity index (χ3v) is 4.18. The second-order valence-electron chi connectivity index (χ2n) is 6.47. The minimum atomic E-state index is -4.53. The van der Waals surface area contributed by atoms with Crippen LogP contribution in [-0.4, -0.2) is 16.8 Å². The molecule has 0 aliphatic heterocycles. The first-order chi connectivity index (χ1) is 14.9. The summed E-state index contributed by atoms with van der Waals surface area (Å²) in [6.07, 6.45) is -9.06. The van der Waals surface area contributed by atoms with E-state index in [4.69, 9.17) is 0 Å². The van der Waals surface area contributed by atoms with Crippen LogP contribution in [0.2, 0.25) is 0 Å². The van der Waals surface area contributed by atoms with E-state index in [0.717, 1.165) is 48.5 Å². The Labute approximate surface area is 177 Å². The van der Waals surface area contributed by atoms with Crippen LogP contribution in [0.15, 0.2) is 66.7 Å². The van der Waals surface area contributed by atoms with Gasteiger partial charge in [0.1, 0.15) is 11.6 Å². The normalized spacial score (nSPS) is 11.7. The van der Waals surface area contributed by atoms with Crippen LogP contribution in [0.5, 0.6) is 0 Å². The largest absolute Gasteiger partial charge is 0.416 e. The molecule has 1 heterocycles. The zero-order valence-electron chi connectivity index (χ0n) is 15.9. The number of carbonyl (C=O) groups excluding carboxylic acids is 2. The van der Waals surface area contributed by atoms with Crippen LogP contribution in [0.4, 0.5) is 38.0 Å². The summed E-state index contributed by atoms with van der Waals surface area (Å²) in [6, 6.07) is 11.3. The Hall–Kier alpha value is -3.89. The Morgan fingerprint density at radius 2 is 0.938 bits per heavy atom. The van der Waals surface area contributed by atoms with Gasteiger partial charge in [-0.15, -0.1) is 0 Å². The molecule has 2 N–H and O–H groups in total. The quantitative estimate of drug-likeness (QED) is 0.504. The van der Waals surface area contributed by atoms with E-state index in [2.05, 4.69) is 15.6 Å². The predicted molar refractivity (Wildman–Crippen MR) is 103 cm³/mol. The maximum Gasteiger partial charge on any atom is 0.416 e. The molecule has 3 rings (SSSR count). The summed E-state index contributed by atoms with van der Waals surface area (Å²) in [7, 11) is 0. The van der Waals surface area contributed by atoms with Crippen LogP contribution >= 0.6 is 0 Å². The van der Waals surface area contributed by atoms with E-state index >= 15 is 0 Å². The van der Waals surface area contributed by atoms with Gasteiger partial charge in [0.05, 0.1) is 11.1 Å². The number of carbonyl (C=O) groups is 2. The Morgan fingerprint density at radius 3 is 1.25 bits per heavy atom. The average molecular weight is 453 g/mol. The first kappa shape index (κ1) is 22.8. The topological polar surface area (TPSA) is 71.1 Å².